The van der Waals surface area contributed by atoms with Crippen LogP contribution in [0.5, 0.6) is 0 Å². The van der Waals surface area contributed by atoms with Gasteiger partial charge in [-0.25, -0.2) is 10.1 Å². The maximum absolute atomic E-state index is 11.1. The van der Waals surface area contributed by atoms with E-state index in [9.17, 15) is 4.79 Å². The second-order valence-electron chi connectivity index (χ2n) is 2.76. The molecule has 2 N–H and O–H groups in total. The van der Waals surface area contributed by atoms with Gasteiger partial charge in [0.1, 0.15) is 6.54 Å². The molecule has 0 atom stereocenters. The first-order valence-electron chi connectivity index (χ1n) is 3.56. The Balaban J connectivity index is 2.32. The maximum Gasteiger partial charge on any atom is 0.252 e. The van der Waals surface area contributed by atoms with Crippen molar-refractivity contribution in [1.29, 1.82) is 5.41 Å². The molecule has 0 spiro atoms. The third-order valence-corrected chi connectivity index (χ3v) is 1.82. The van der Waals surface area contributed by atoms with E-state index in [0.717, 1.165) is 5.06 Å². The highest BCUT2D eigenvalue weighted by molar-refractivity contribution is 6.09. The number of hydrogen-bond donors (Lipinski definition) is 2. The number of nitrogens with one attached hydrogen (secondary N) is 1. The summed E-state index contributed by atoms with van der Waals surface area (Å²) in [6.07, 6.45) is 0. The zero-order valence-electron chi connectivity index (χ0n) is 6.32. The van der Waals surface area contributed by atoms with E-state index in [1.165, 1.54) is 4.90 Å². The molecular formula is C6H8N4O2. The van der Waals surface area contributed by atoms with E-state index in [-0.39, 0.29) is 31.5 Å². The van der Waals surface area contributed by atoms with Gasteiger partial charge in [0.15, 0.2) is 0 Å². The molecule has 0 aliphatic carbocycles. The lowest BCUT2D eigenvalue weighted by molar-refractivity contribution is -0.126. The summed E-state index contributed by atoms with van der Waals surface area (Å²) < 4.78 is 0. The fourth-order valence-corrected chi connectivity index (χ4v) is 1.27. The van der Waals surface area contributed by atoms with Crippen molar-refractivity contribution < 1.29 is 10.0 Å². The predicted octanol–water partition coefficient (Wildman–Crippen LogP) is -1.09. The van der Waals surface area contributed by atoms with Crippen molar-refractivity contribution in [3.05, 3.63) is 0 Å². The molecule has 0 unspecified atom stereocenters. The van der Waals surface area contributed by atoms with Crippen molar-refractivity contribution in [3.8, 4) is 0 Å². The number of carbonyl (C=O) groups excluding carboxylic acids is 1. The highest BCUT2D eigenvalue weighted by atomic mass is 16.5. The van der Waals surface area contributed by atoms with Crippen LogP contribution < -0.4 is 0 Å². The van der Waals surface area contributed by atoms with Crippen molar-refractivity contribution in [3.63, 3.8) is 0 Å². The Kier molecular flexibility index (Phi) is 1.37. The first-order valence-corrected chi connectivity index (χ1v) is 3.56. The summed E-state index contributed by atoms with van der Waals surface area (Å²) in [4.78, 5) is 16.3. The van der Waals surface area contributed by atoms with Gasteiger partial charge in [0.2, 0.25) is 5.96 Å². The van der Waals surface area contributed by atoms with Gasteiger partial charge in [-0.1, -0.05) is 0 Å². The molecule has 0 aromatic carbocycles. The molecule has 12 heavy (non-hydrogen) atoms. The lowest BCUT2D eigenvalue weighted by Crippen LogP contribution is -2.41. The number of guanidine groups is 1. The standard InChI is InChI=1S/C6H8N4O2/c7-4-1-8-6-9(2-4)5(11)3-10(6)12/h7,12H,1-3H2. The summed E-state index contributed by atoms with van der Waals surface area (Å²) in [5.41, 5.74) is 0.391. The summed E-state index contributed by atoms with van der Waals surface area (Å²) in [6.45, 7) is 0.483. The highest BCUT2D eigenvalue weighted by Gasteiger charge is 2.35. The Hall–Kier alpha value is -1.43. The molecule has 64 valence electrons. The van der Waals surface area contributed by atoms with Crippen LogP contribution in [0.25, 0.3) is 0 Å². The monoisotopic (exact) mass is 168 g/mol. The number of aliphatic imine (C=N–C) groups is 1. The highest BCUT2D eigenvalue weighted by Crippen LogP contribution is 2.11. The van der Waals surface area contributed by atoms with Crippen LogP contribution in [0.15, 0.2) is 4.99 Å². The van der Waals surface area contributed by atoms with Gasteiger partial charge in [-0.15, -0.1) is 0 Å². The lowest BCUT2D eigenvalue weighted by atomic mass is 10.3. The minimum atomic E-state index is -0.208. The quantitative estimate of drug-likeness (QED) is 0.482. The van der Waals surface area contributed by atoms with Gasteiger partial charge in [-0.05, 0) is 0 Å². The molecule has 2 heterocycles. The minimum Gasteiger partial charge on any atom is -0.306 e. The molecule has 1 amide bonds. The predicted molar refractivity (Wildman–Crippen MR) is 40.2 cm³/mol. The molecule has 0 aromatic rings. The van der Waals surface area contributed by atoms with E-state index in [0.29, 0.717) is 5.71 Å². The second-order valence-corrected chi connectivity index (χ2v) is 2.76. The Labute approximate surface area is 68.6 Å². The van der Waals surface area contributed by atoms with Crippen molar-refractivity contribution in [2.45, 2.75) is 0 Å². The molecule has 6 nitrogen and oxygen atoms in total. The molecule has 0 radical (unpaired) electrons. The average molecular weight is 168 g/mol. The van der Waals surface area contributed by atoms with E-state index in [2.05, 4.69) is 4.99 Å². The Bertz CT molecular complexity index is 285. The number of amides is 1. The van der Waals surface area contributed by atoms with E-state index in [1.54, 1.807) is 0 Å². The van der Waals surface area contributed by atoms with Crippen LogP contribution in [0.3, 0.4) is 0 Å². The van der Waals surface area contributed by atoms with E-state index < -0.39 is 0 Å². The first-order chi connectivity index (χ1) is 5.68. The van der Waals surface area contributed by atoms with Crippen LogP contribution in [0.1, 0.15) is 0 Å². The Morgan fingerprint density at radius 1 is 1.50 bits per heavy atom. The van der Waals surface area contributed by atoms with Crippen molar-refractivity contribution in [2.24, 2.45) is 4.99 Å². The molecule has 2 aliphatic rings. The van der Waals surface area contributed by atoms with Gasteiger partial charge in [-0.3, -0.25) is 14.9 Å². The summed E-state index contributed by atoms with van der Waals surface area (Å²) in [6, 6.07) is 0. The molecule has 2 rings (SSSR count). The summed E-state index contributed by atoms with van der Waals surface area (Å²) >= 11 is 0. The third-order valence-electron chi connectivity index (χ3n) is 1.82. The van der Waals surface area contributed by atoms with Crippen molar-refractivity contribution in [2.75, 3.05) is 19.6 Å². The number of fused-ring (bicyclic) bond motifs is 1. The first kappa shape index (κ1) is 7.23. The zero-order chi connectivity index (χ0) is 8.72. The maximum atomic E-state index is 11.1. The topological polar surface area (TPSA) is 80.0 Å². The number of hydroxylamine groups is 2. The largest absolute Gasteiger partial charge is 0.306 e. The molecule has 0 bridgehead atoms. The van der Waals surface area contributed by atoms with Crippen LogP contribution in [0.4, 0.5) is 0 Å². The van der Waals surface area contributed by atoms with Crippen LogP contribution >= 0.6 is 0 Å². The molecule has 0 aromatic heterocycles. The van der Waals surface area contributed by atoms with Gasteiger partial charge in [-0.2, -0.15) is 0 Å². The van der Waals surface area contributed by atoms with Crippen molar-refractivity contribution >= 4 is 17.6 Å². The van der Waals surface area contributed by atoms with Gasteiger partial charge >= 0.3 is 0 Å². The smallest absolute Gasteiger partial charge is 0.252 e. The number of carbonyl (C=O) groups is 1. The fourth-order valence-electron chi connectivity index (χ4n) is 1.27. The molecular weight excluding hydrogens is 160 g/mol. The van der Waals surface area contributed by atoms with Crippen LogP contribution in [-0.2, 0) is 4.79 Å². The molecule has 2 aliphatic heterocycles. The van der Waals surface area contributed by atoms with Crippen molar-refractivity contribution in [1.82, 2.24) is 9.96 Å². The third kappa shape index (κ3) is 0.884. The summed E-state index contributed by atoms with van der Waals surface area (Å²) in [7, 11) is 0. The van der Waals surface area contributed by atoms with Crippen LogP contribution in [-0.4, -0.2) is 52.4 Å². The van der Waals surface area contributed by atoms with E-state index >= 15 is 0 Å². The SMILES string of the molecule is N=C1CN=C2N(O)CC(=O)N2C1. The number of nitrogens with zero attached hydrogens (tertiary/aromatic N) is 3. The summed E-state index contributed by atoms with van der Waals surface area (Å²) in [5.74, 6) is 0.0664. The van der Waals surface area contributed by atoms with Gasteiger partial charge in [0.05, 0.1) is 18.8 Å². The minimum absolute atomic E-state index is 0.0495. The fraction of sp³-hybridized carbons (Fsp3) is 0.500. The normalized spacial score (nSPS) is 22.9. The Morgan fingerprint density at radius 3 is 3.00 bits per heavy atom. The van der Waals surface area contributed by atoms with Crippen LogP contribution in [0, 0.1) is 5.41 Å². The van der Waals surface area contributed by atoms with Gasteiger partial charge in [0.25, 0.3) is 5.91 Å². The zero-order valence-corrected chi connectivity index (χ0v) is 6.32. The molecule has 6 heteroatoms. The molecule has 1 saturated heterocycles. The summed E-state index contributed by atoms with van der Waals surface area (Å²) in [5, 5.41) is 17.3. The number of rotatable bonds is 0. The van der Waals surface area contributed by atoms with E-state index in [4.69, 9.17) is 10.6 Å². The Morgan fingerprint density at radius 2 is 2.25 bits per heavy atom. The molecule has 0 saturated carbocycles. The van der Waals surface area contributed by atoms with E-state index in [1.807, 2.05) is 0 Å². The average Bonchev–Trinajstić information content (AvgIpc) is 2.28. The molecule has 1 fully saturated rings. The van der Waals surface area contributed by atoms with Gasteiger partial charge < -0.3 is 5.41 Å². The van der Waals surface area contributed by atoms with Gasteiger partial charge in [0, 0.05) is 0 Å². The van der Waals surface area contributed by atoms with Crippen LogP contribution in [0.2, 0.25) is 0 Å². The lowest BCUT2D eigenvalue weighted by Gasteiger charge is -2.21. The number of hydrogen-bond acceptors (Lipinski definition) is 5. The second kappa shape index (κ2) is 2.28.